The van der Waals surface area contributed by atoms with Crippen LogP contribution >= 0.6 is 38.5 Å². The van der Waals surface area contributed by atoms with E-state index in [-0.39, 0.29) is 6.04 Å². The van der Waals surface area contributed by atoms with E-state index in [1.807, 2.05) is 24.3 Å². The molecule has 0 saturated carbocycles. The lowest BCUT2D eigenvalue weighted by Gasteiger charge is -2.15. The molecule has 1 unspecified atom stereocenters. The van der Waals surface area contributed by atoms with E-state index < -0.39 is 0 Å². The number of nitrogens with zero attached hydrogens (tertiary/aromatic N) is 1. The van der Waals surface area contributed by atoms with Gasteiger partial charge in [0.05, 0.1) is 18.8 Å². The van der Waals surface area contributed by atoms with Gasteiger partial charge in [-0.15, -0.1) is 0 Å². The van der Waals surface area contributed by atoms with E-state index in [1.54, 1.807) is 12.4 Å². The molecule has 5 heteroatoms. The summed E-state index contributed by atoms with van der Waals surface area (Å²) in [5, 5.41) is 0. The average Bonchev–Trinajstić information content (AvgIpc) is 2.47. The summed E-state index contributed by atoms with van der Waals surface area (Å²) in [6, 6.07) is 7.86. The fraction of sp³-hybridized carbons (Fsp3) is 0.267. The zero-order chi connectivity index (χ0) is 14.5. The second-order valence-corrected chi connectivity index (χ2v) is 6.52. The van der Waals surface area contributed by atoms with Crippen LogP contribution in [0.1, 0.15) is 30.5 Å². The number of ether oxygens (including phenoxy) is 1. The van der Waals surface area contributed by atoms with Crippen molar-refractivity contribution in [2.75, 3.05) is 6.61 Å². The predicted molar refractivity (Wildman–Crippen MR) is 92.9 cm³/mol. The van der Waals surface area contributed by atoms with Gasteiger partial charge in [-0.2, -0.15) is 0 Å². The van der Waals surface area contributed by atoms with Gasteiger partial charge in [0.1, 0.15) is 5.75 Å². The standard InChI is InChI=1S/C15H16BrIN2O/c1-2-5-20-12-6-10(8-19-9-12)15(18)13-7-11(16)3-4-14(13)17/h3-4,6-9,15H,2,5,18H2,1H3. The first kappa shape index (κ1) is 15.7. The fourth-order valence-electron chi connectivity index (χ4n) is 1.84. The molecule has 0 aliphatic carbocycles. The van der Waals surface area contributed by atoms with Crippen LogP contribution in [0.25, 0.3) is 0 Å². The van der Waals surface area contributed by atoms with E-state index in [1.165, 1.54) is 0 Å². The molecule has 0 aliphatic rings. The summed E-state index contributed by atoms with van der Waals surface area (Å²) in [5.41, 5.74) is 8.39. The van der Waals surface area contributed by atoms with Gasteiger partial charge in [0.25, 0.3) is 0 Å². The van der Waals surface area contributed by atoms with E-state index >= 15 is 0 Å². The minimum atomic E-state index is -0.211. The van der Waals surface area contributed by atoms with Gasteiger partial charge in [0, 0.05) is 14.2 Å². The maximum atomic E-state index is 6.36. The Morgan fingerprint density at radius 3 is 2.90 bits per heavy atom. The molecule has 2 aromatic rings. The Kier molecular flexibility index (Phi) is 5.80. The Labute approximate surface area is 141 Å². The molecule has 106 valence electrons. The van der Waals surface area contributed by atoms with Gasteiger partial charge in [-0.3, -0.25) is 4.98 Å². The SMILES string of the molecule is CCCOc1cncc(C(N)c2cc(Br)ccc2I)c1. The number of pyridine rings is 1. The van der Waals surface area contributed by atoms with Crippen molar-refractivity contribution >= 4 is 38.5 Å². The first-order valence-corrected chi connectivity index (χ1v) is 8.27. The van der Waals surface area contributed by atoms with Crippen LogP contribution in [0, 0.1) is 3.57 Å². The van der Waals surface area contributed by atoms with Crippen molar-refractivity contribution in [3.05, 3.63) is 55.8 Å². The van der Waals surface area contributed by atoms with Crippen molar-refractivity contribution in [1.82, 2.24) is 4.98 Å². The summed E-state index contributed by atoms with van der Waals surface area (Å²) in [6.07, 6.45) is 4.48. The highest BCUT2D eigenvalue weighted by atomic mass is 127. The Morgan fingerprint density at radius 2 is 2.15 bits per heavy atom. The molecule has 0 aliphatic heterocycles. The van der Waals surface area contributed by atoms with Crippen molar-refractivity contribution in [2.45, 2.75) is 19.4 Å². The van der Waals surface area contributed by atoms with Crippen LogP contribution in [0.15, 0.2) is 41.1 Å². The van der Waals surface area contributed by atoms with E-state index in [0.29, 0.717) is 6.61 Å². The average molecular weight is 447 g/mol. The largest absolute Gasteiger partial charge is 0.492 e. The third kappa shape index (κ3) is 3.93. The van der Waals surface area contributed by atoms with Crippen molar-refractivity contribution in [3.63, 3.8) is 0 Å². The minimum Gasteiger partial charge on any atom is -0.492 e. The van der Waals surface area contributed by atoms with Crippen molar-refractivity contribution in [3.8, 4) is 5.75 Å². The first-order valence-electron chi connectivity index (χ1n) is 6.40. The maximum absolute atomic E-state index is 6.36. The molecule has 2 N–H and O–H groups in total. The van der Waals surface area contributed by atoms with E-state index in [4.69, 9.17) is 10.5 Å². The van der Waals surface area contributed by atoms with Crippen LogP contribution in [0.5, 0.6) is 5.75 Å². The summed E-state index contributed by atoms with van der Waals surface area (Å²) >= 11 is 5.78. The van der Waals surface area contributed by atoms with E-state index in [2.05, 4.69) is 50.4 Å². The highest BCUT2D eigenvalue weighted by molar-refractivity contribution is 14.1. The topological polar surface area (TPSA) is 48.1 Å². The minimum absolute atomic E-state index is 0.211. The number of rotatable bonds is 5. The number of hydrogen-bond acceptors (Lipinski definition) is 3. The van der Waals surface area contributed by atoms with E-state index in [0.717, 1.165) is 31.3 Å². The number of halogens is 2. The van der Waals surface area contributed by atoms with E-state index in [9.17, 15) is 0 Å². The molecule has 0 saturated heterocycles. The van der Waals surface area contributed by atoms with Crippen LogP contribution < -0.4 is 10.5 Å². The smallest absolute Gasteiger partial charge is 0.137 e. The van der Waals surface area contributed by atoms with Crippen LogP contribution in [0.4, 0.5) is 0 Å². The van der Waals surface area contributed by atoms with Gasteiger partial charge in [-0.25, -0.2) is 0 Å². The van der Waals surface area contributed by atoms with Crippen molar-refractivity contribution < 1.29 is 4.74 Å². The monoisotopic (exact) mass is 446 g/mol. The highest BCUT2D eigenvalue weighted by Gasteiger charge is 2.14. The Bertz CT molecular complexity index is 592. The fourth-order valence-corrected chi connectivity index (χ4v) is 2.89. The third-order valence-corrected chi connectivity index (χ3v) is 4.34. The summed E-state index contributed by atoms with van der Waals surface area (Å²) in [6.45, 7) is 2.77. The summed E-state index contributed by atoms with van der Waals surface area (Å²) in [4.78, 5) is 4.22. The highest BCUT2D eigenvalue weighted by Crippen LogP contribution is 2.28. The molecule has 1 aromatic carbocycles. The number of benzene rings is 1. The predicted octanol–water partition coefficient (Wildman–Crippen LogP) is 4.29. The normalized spacial score (nSPS) is 12.2. The lowest BCUT2D eigenvalue weighted by Crippen LogP contribution is -2.14. The molecule has 1 heterocycles. The van der Waals surface area contributed by atoms with Gasteiger partial charge in [-0.1, -0.05) is 22.9 Å². The Morgan fingerprint density at radius 1 is 1.35 bits per heavy atom. The van der Waals surface area contributed by atoms with Gasteiger partial charge < -0.3 is 10.5 Å². The van der Waals surface area contributed by atoms with Gasteiger partial charge in [0.2, 0.25) is 0 Å². The van der Waals surface area contributed by atoms with Gasteiger partial charge in [-0.05, 0) is 64.4 Å². The second kappa shape index (κ2) is 7.38. The molecule has 3 nitrogen and oxygen atoms in total. The molecule has 0 radical (unpaired) electrons. The molecule has 0 amide bonds. The molecule has 1 atom stereocenters. The summed E-state index contributed by atoms with van der Waals surface area (Å²) in [7, 11) is 0. The summed E-state index contributed by atoms with van der Waals surface area (Å²) < 4.78 is 7.77. The molecule has 2 rings (SSSR count). The molecule has 20 heavy (non-hydrogen) atoms. The van der Waals surface area contributed by atoms with Crippen LogP contribution in [0.2, 0.25) is 0 Å². The lowest BCUT2D eigenvalue weighted by atomic mass is 10.0. The quantitative estimate of drug-likeness (QED) is 0.697. The lowest BCUT2D eigenvalue weighted by molar-refractivity contribution is 0.315. The third-order valence-electron chi connectivity index (χ3n) is 2.86. The van der Waals surface area contributed by atoms with Crippen LogP contribution in [0.3, 0.4) is 0 Å². The Balaban J connectivity index is 2.28. The number of aromatic nitrogens is 1. The van der Waals surface area contributed by atoms with Crippen LogP contribution in [-0.2, 0) is 0 Å². The maximum Gasteiger partial charge on any atom is 0.137 e. The zero-order valence-electron chi connectivity index (χ0n) is 11.1. The second-order valence-electron chi connectivity index (χ2n) is 4.45. The molecule has 1 aromatic heterocycles. The zero-order valence-corrected chi connectivity index (χ0v) is 14.9. The van der Waals surface area contributed by atoms with Gasteiger partial charge >= 0.3 is 0 Å². The summed E-state index contributed by atoms with van der Waals surface area (Å²) in [5.74, 6) is 0.768. The molecule has 0 bridgehead atoms. The van der Waals surface area contributed by atoms with Crippen molar-refractivity contribution in [1.29, 1.82) is 0 Å². The number of nitrogens with two attached hydrogens (primary N) is 1. The first-order chi connectivity index (χ1) is 9.61. The van der Waals surface area contributed by atoms with Crippen molar-refractivity contribution in [2.24, 2.45) is 5.73 Å². The molecule has 0 spiro atoms. The Hall–Kier alpha value is -0.660. The molecular weight excluding hydrogens is 431 g/mol. The molecule has 0 fully saturated rings. The van der Waals surface area contributed by atoms with Crippen LogP contribution in [-0.4, -0.2) is 11.6 Å². The number of hydrogen-bond donors (Lipinski definition) is 1. The molecular formula is C15H16BrIN2O. The van der Waals surface area contributed by atoms with Gasteiger partial charge in [0.15, 0.2) is 0 Å².